The molecule has 0 amide bonds. The SMILES string of the molecule is C=CC(=O)OCCCCC(=O)O[C@H]1CCOC(OC(=O)CCCCOC(C)=O)C1. The highest BCUT2D eigenvalue weighted by Crippen LogP contribution is 2.19. The lowest BCUT2D eigenvalue weighted by Gasteiger charge is -2.28. The number of hydrogen-bond acceptors (Lipinski definition) is 9. The molecule has 9 heteroatoms. The summed E-state index contributed by atoms with van der Waals surface area (Å²) >= 11 is 0. The van der Waals surface area contributed by atoms with E-state index < -0.39 is 18.2 Å². The minimum atomic E-state index is -0.735. The maximum absolute atomic E-state index is 11.9. The van der Waals surface area contributed by atoms with Gasteiger partial charge in [-0.25, -0.2) is 4.79 Å². The first-order valence-electron chi connectivity index (χ1n) is 9.83. The van der Waals surface area contributed by atoms with Crippen LogP contribution in [-0.4, -0.2) is 56.1 Å². The predicted octanol–water partition coefficient (Wildman–Crippen LogP) is 2.21. The number of carbonyl (C=O) groups is 4. The summed E-state index contributed by atoms with van der Waals surface area (Å²) in [4.78, 5) is 45.3. The Balaban J connectivity index is 2.15. The number of hydrogen-bond donors (Lipinski definition) is 0. The van der Waals surface area contributed by atoms with Gasteiger partial charge in [0, 0.05) is 38.7 Å². The minimum absolute atomic E-state index is 0.196. The average Bonchev–Trinajstić information content (AvgIpc) is 2.67. The zero-order valence-electron chi connectivity index (χ0n) is 16.9. The van der Waals surface area contributed by atoms with E-state index in [2.05, 4.69) is 6.58 Å². The molecule has 0 aromatic heterocycles. The van der Waals surface area contributed by atoms with Crippen LogP contribution in [0.3, 0.4) is 0 Å². The first-order valence-corrected chi connectivity index (χ1v) is 9.83. The molecular weight excluding hydrogens is 384 g/mol. The molecule has 0 saturated carbocycles. The summed E-state index contributed by atoms with van der Waals surface area (Å²) in [5.74, 6) is -1.58. The summed E-state index contributed by atoms with van der Waals surface area (Å²) in [6, 6.07) is 0. The van der Waals surface area contributed by atoms with Crippen molar-refractivity contribution in [3.63, 3.8) is 0 Å². The Morgan fingerprint density at radius 2 is 1.59 bits per heavy atom. The number of ether oxygens (including phenoxy) is 5. The zero-order chi connectivity index (χ0) is 21.5. The molecule has 1 aliphatic rings. The minimum Gasteiger partial charge on any atom is -0.466 e. The molecule has 2 atom stereocenters. The van der Waals surface area contributed by atoms with E-state index in [1.165, 1.54) is 6.92 Å². The van der Waals surface area contributed by atoms with Gasteiger partial charge >= 0.3 is 23.9 Å². The third-order valence-electron chi connectivity index (χ3n) is 4.03. The highest BCUT2D eigenvalue weighted by atomic mass is 16.7. The number of esters is 4. The Kier molecular flexibility index (Phi) is 12.4. The van der Waals surface area contributed by atoms with Crippen LogP contribution in [-0.2, 0) is 42.9 Å². The second-order valence-corrected chi connectivity index (χ2v) is 6.55. The predicted molar refractivity (Wildman–Crippen MR) is 100 cm³/mol. The van der Waals surface area contributed by atoms with Crippen LogP contribution in [0.25, 0.3) is 0 Å². The van der Waals surface area contributed by atoms with Crippen molar-refractivity contribution < 1.29 is 42.9 Å². The Morgan fingerprint density at radius 3 is 2.21 bits per heavy atom. The highest BCUT2D eigenvalue weighted by molar-refractivity contribution is 5.81. The van der Waals surface area contributed by atoms with Crippen LogP contribution in [0.2, 0.25) is 0 Å². The van der Waals surface area contributed by atoms with Gasteiger partial charge < -0.3 is 23.7 Å². The fraction of sp³-hybridized carbons (Fsp3) is 0.700. The van der Waals surface area contributed by atoms with Gasteiger partial charge in [0.1, 0.15) is 6.10 Å². The second kappa shape index (κ2) is 14.6. The van der Waals surface area contributed by atoms with E-state index in [0.29, 0.717) is 45.1 Å². The summed E-state index contributed by atoms with van der Waals surface area (Å²) in [6.07, 6.45) is 3.45. The Morgan fingerprint density at radius 1 is 0.966 bits per heavy atom. The molecule has 0 aromatic rings. The van der Waals surface area contributed by atoms with Gasteiger partial charge in [0.2, 0.25) is 6.29 Å². The van der Waals surface area contributed by atoms with Crippen molar-refractivity contribution in [3.05, 3.63) is 12.7 Å². The molecule has 164 valence electrons. The monoisotopic (exact) mass is 414 g/mol. The first kappa shape index (κ1) is 24.6. The third-order valence-corrected chi connectivity index (χ3v) is 4.03. The van der Waals surface area contributed by atoms with Crippen LogP contribution in [0.1, 0.15) is 58.3 Å². The van der Waals surface area contributed by atoms with E-state index >= 15 is 0 Å². The van der Waals surface area contributed by atoms with Gasteiger partial charge in [-0.3, -0.25) is 14.4 Å². The molecule has 0 radical (unpaired) electrons. The van der Waals surface area contributed by atoms with Crippen LogP contribution in [0.4, 0.5) is 0 Å². The van der Waals surface area contributed by atoms with Gasteiger partial charge in [-0.15, -0.1) is 0 Å². The first-order chi connectivity index (χ1) is 13.9. The van der Waals surface area contributed by atoms with Crippen LogP contribution >= 0.6 is 0 Å². The lowest BCUT2D eigenvalue weighted by Crippen LogP contribution is -2.35. The summed E-state index contributed by atoms with van der Waals surface area (Å²) in [6.45, 7) is 5.47. The Hall–Kier alpha value is -2.42. The molecule has 1 rings (SSSR count). The molecule has 1 aliphatic heterocycles. The normalized spacial score (nSPS) is 18.4. The van der Waals surface area contributed by atoms with E-state index in [-0.39, 0.29) is 44.1 Å². The molecule has 9 nitrogen and oxygen atoms in total. The van der Waals surface area contributed by atoms with Crippen molar-refractivity contribution >= 4 is 23.9 Å². The molecule has 0 aliphatic carbocycles. The molecule has 0 bridgehead atoms. The van der Waals surface area contributed by atoms with Crippen LogP contribution in [0, 0.1) is 0 Å². The van der Waals surface area contributed by atoms with Gasteiger partial charge in [0.05, 0.1) is 19.8 Å². The third kappa shape index (κ3) is 12.6. The van der Waals surface area contributed by atoms with E-state index in [1.54, 1.807) is 0 Å². The average molecular weight is 414 g/mol. The maximum atomic E-state index is 11.9. The van der Waals surface area contributed by atoms with Crippen LogP contribution < -0.4 is 0 Å². The number of rotatable bonds is 13. The molecule has 29 heavy (non-hydrogen) atoms. The quantitative estimate of drug-likeness (QED) is 0.194. The van der Waals surface area contributed by atoms with Crippen molar-refractivity contribution in [3.8, 4) is 0 Å². The van der Waals surface area contributed by atoms with Crippen LogP contribution in [0.5, 0.6) is 0 Å². The summed E-state index contributed by atoms with van der Waals surface area (Å²) in [5.41, 5.74) is 0. The van der Waals surface area contributed by atoms with Gasteiger partial charge in [0.15, 0.2) is 0 Å². The van der Waals surface area contributed by atoms with Crippen molar-refractivity contribution in [2.45, 2.75) is 70.7 Å². The summed E-state index contributed by atoms with van der Waals surface area (Å²) in [5, 5.41) is 0. The van der Waals surface area contributed by atoms with Crippen molar-refractivity contribution in [1.29, 1.82) is 0 Å². The maximum Gasteiger partial charge on any atom is 0.330 e. The molecule has 1 saturated heterocycles. The van der Waals surface area contributed by atoms with Crippen molar-refractivity contribution in [1.82, 2.24) is 0 Å². The molecule has 1 fully saturated rings. The van der Waals surface area contributed by atoms with Crippen molar-refractivity contribution in [2.24, 2.45) is 0 Å². The van der Waals surface area contributed by atoms with Crippen molar-refractivity contribution in [2.75, 3.05) is 19.8 Å². The van der Waals surface area contributed by atoms with Crippen LogP contribution in [0.15, 0.2) is 12.7 Å². The Labute approximate surface area is 170 Å². The summed E-state index contributed by atoms with van der Waals surface area (Å²) in [7, 11) is 0. The van der Waals surface area contributed by atoms with E-state index in [9.17, 15) is 19.2 Å². The lowest BCUT2D eigenvalue weighted by atomic mass is 10.1. The molecule has 1 unspecified atom stereocenters. The van der Waals surface area contributed by atoms with E-state index in [4.69, 9.17) is 23.7 Å². The lowest BCUT2D eigenvalue weighted by molar-refractivity contribution is -0.202. The molecule has 1 heterocycles. The van der Waals surface area contributed by atoms with Gasteiger partial charge in [-0.1, -0.05) is 6.58 Å². The fourth-order valence-corrected chi connectivity index (χ4v) is 2.56. The zero-order valence-corrected chi connectivity index (χ0v) is 16.9. The standard InChI is InChI=1S/C20H30O9/c1-3-17(22)26-12-7-5-8-18(23)28-16-10-13-27-20(14-16)29-19(24)9-4-6-11-25-15(2)21/h3,16,20H,1,4-14H2,2H3/t16-,20?/m0/s1. The smallest absolute Gasteiger partial charge is 0.330 e. The topological polar surface area (TPSA) is 114 Å². The molecule has 0 spiro atoms. The molecular formula is C20H30O9. The largest absolute Gasteiger partial charge is 0.466 e. The second-order valence-electron chi connectivity index (χ2n) is 6.55. The number of unbranched alkanes of at least 4 members (excludes halogenated alkanes) is 2. The fourth-order valence-electron chi connectivity index (χ4n) is 2.56. The molecule has 0 aromatic carbocycles. The van der Waals surface area contributed by atoms with E-state index in [0.717, 1.165) is 6.08 Å². The van der Waals surface area contributed by atoms with Gasteiger partial charge in [-0.2, -0.15) is 0 Å². The number of carbonyl (C=O) groups excluding carboxylic acids is 4. The molecule has 0 N–H and O–H groups in total. The highest BCUT2D eigenvalue weighted by Gasteiger charge is 2.27. The van der Waals surface area contributed by atoms with Gasteiger partial charge in [0.25, 0.3) is 0 Å². The van der Waals surface area contributed by atoms with Gasteiger partial charge in [-0.05, 0) is 25.7 Å². The van der Waals surface area contributed by atoms with E-state index in [1.807, 2.05) is 0 Å². The summed E-state index contributed by atoms with van der Waals surface area (Å²) < 4.78 is 25.7. The Bertz CT molecular complexity index is 558.